The zero-order chi connectivity index (χ0) is 57.2. The molecule has 0 N–H and O–H groups in total. The lowest BCUT2D eigenvalue weighted by Crippen LogP contribution is -2.25. The van der Waals surface area contributed by atoms with Crippen LogP contribution in [0, 0.1) is 79.0 Å². The van der Waals surface area contributed by atoms with Crippen molar-refractivity contribution in [1.82, 2.24) is 0 Å². The van der Waals surface area contributed by atoms with Gasteiger partial charge in [-0.05, 0) is 119 Å². The second kappa shape index (κ2) is 31.9. The van der Waals surface area contributed by atoms with Crippen LogP contribution in [0.4, 0.5) is 0 Å². The number of methoxy groups -OCH3 is 1. The molecule has 11 nitrogen and oxygen atoms in total. The number of hydrogen-bond donors (Lipinski definition) is 0. The van der Waals surface area contributed by atoms with E-state index < -0.39 is 0 Å². The monoisotopic (exact) mass is 1090 g/mol. The molecule has 2 atom stereocenters. The highest BCUT2D eigenvalue weighted by Crippen LogP contribution is 2.33. The highest BCUT2D eigenvalue weighted by atomic mass is 16.7. The van der Waals surface area contributed by atoms with Gasteiger partial charge in [0.15, 0.2) is 18.3 Å². The predicted molar refractivity (Wildman–Crippen MR) is 315 cm³/mol. The van der Waals surface area contributed by atoms with E-state index in [1.165, 1.54) is 7.11 Å². The summed E-state index contributed by atoms with van der Waals surface area (Å²) in [5.74, 6) is 35.8. The third-order valence-electron chi connectivity index (χ3n) is 12.5. The molecule has 0 spiro atoms. The summed E-state index contributed by atoms with van der Waals surface area (Å²) in [6, 6.07) is 22.5. The summed E-state index contributed by atoms with van der Waals surface area (Å²) >= 11 is 0. The minimum Gasteiger partial charge on any atom is -0.492 e. The van der Waals surface area contributed by atoms with Crippen LogP contribution in [0.2, 0.25) is 0 Å². The van der Waals surface area contributed by atoms with Gasteiger partial charge in [0.05, 0.1) is 86.7 Å². The van der Waals surface area contributed by atoms with E-state index in [1.54, 1.807) is 0 Å². The molecule has 418 valence electrons. The van der Waals surface area contributed by atoms with Crippen LogP contribution in [0.15, 0.2) is 72.8 Å². The Hall–Kier alpha value is -8.55. The number of rotatable bonds is 21. The number of benzene rings is 5. The van der Waals surface area contributed by atoms with Crippen molar-refractivity contribution < 1.29 is 52.2 Å². The first-order chi connectivity index (χ1) is 39.6. The Balaban J connectivity index is 1.28. The van der Waals surface area contributed by atoms with Crippen LogP contribution >= 0.6 is 0 Å². The Bertz CT molecular complexity index is 3110. The van der Waals surface area contributed by atoms with Gasteiger partial charge in [-0.15, -0.1) is 12.8 Å². The highest BCUT2D eigenvalue weighted by Gasteiger charge is 2.19. The van der Waals surface area contributed by atoms with Gasteiger partial charge in [-0.25, -0.2) is 0 Å². The normalized spacial score (nSPS) is 14.2. The van der Waals surface area contributed by atoms with Crippen LogP contribution in [0.5, 0.6) is 40.2 Å². The molecule has 0 aromatic heterocycles. The Kier molecular flexibility index (Phi) is 23.7. The van der Waals surface area contributed by atoms with Gasteiger partial charge in [0.25, 0.3) is 0 Å². The minimum absolute atomic E-state index is 0.172. The van der Waals surface area contributed by atoms with E-state index in [1.807, 2.05) is 107 Å². The third-order valence-corrected chi connectivity index (χ3v) is 12.5. The van der Waals surface area contributed by atoms with Crippen LogP contribution in [0.3, 0.4) is 0 Å². The predicted octanol–water partition coefficient (Wildman–Crippen LogP) is 12.9. The smallest absolute Gasteiger partial charge is 0.305 e. The first-order valence-corrected chi connectivity index (χ1v) is 28.2. The zero-order valence-corrected chi connectivity index (χ0v) is 47.7. The lowest BCUT2D eigenvalue weighted by molar-refractivity contribution is -0.140. The third kappa shape index (κ3) is 18.5. The van der Waals surface area contributed by atoms with E-state index in [4.69, 9.17) is 60.2 Å². The number of carbonyl (C=O) groups excluding carboxylic acids is 1. The summed E-state index contributed by atoms with van der Waals surface area (Å²) in [6.07, 6.45) is 20.4. The van der Waals surface area contributed by atoms with E-state index in [2.05, 4.69) is 59.2 Å². The average molecular weight is 1090 g/mol. The summed E-state index contributed by atoms with van der Waals surface area (Å²) in [4.78, 5) is 12.2. The van der Waals surface area contributed by atoms with Gasteiger partial charge in [0, 0.05) is 65.8 Å². The van der Waals surface area contributed by atoms with Crippen molar-refractivity contribution in [2.45, 2.75) is 124 Å². The maximum absolute atomic E-state index is 12.2. The fraction of sp³-hybridized carbons (Fsp3) is 0.386. The van der Waals surface area contributed by atoms with Gasteiger partial charge in [-0.3, -0.25) is 4.79 Å². The molecule has 0 bridgehead atoms. The molecule has 7 rings (SSSR count). The van der Waals surface area contributed by atoms with Crippen LogP contribution in [-0.2, 0) is 19.0 Å². The Labute approximate surface area is 480 Å². The zero-order valence-electron chi connectivity index (χ0n) is 47.7. The molecular formula is C70H72O11. The number of esters is 1. The van der Waals surface area contributed by atoms with E-state index in [0.717, 1.165) is 69.8 Å². The lowest BCUT2D eigenvalue weighted by Gasteiger charge is -2.23. The summed E-state index contributed by atoms with van der Waals surface area (Å²) in [5, 5.41) is 0. The SMILES string of the molecule is C#Cc1cc(C#Cc2cc(OCCC)c(C#Cc3cc(C)cc(C#Cc4cc(OCCC)c(C#Cc5cc(C#C)cc(OC6CCCCO6)c5)cc4OCCC)c3OCCCC(=O)OC)cc2OCCC)cc(OC2CCCCO2)c1. The number of hydrogen-bond acceptors (Lipinski definition) is 11. The van der Waals surface area contributed by atoms with Crippen LogP contribution < -0.4 is 33.2 Å². The van der Waals surface area contributed by atoms with E-state index in [9.17, 15) is 4.79 Å². The Morgan fingerprint density at radius 2 is 0.864 bits per heavy atom. The molecule has 2 aliphatic rings. The van der Waals surface area contributed by atoms with Gasteiger partial charge in [-0.1, -0.05) is 86.9 Å². The first-order valence-electron chi connectivity index (χ1n) is 28.2. The quantitative estimate of drug-likeness (QED) is 0.0398. The van der Waals surface area contributed by atoms with Gasteiger partial charge < -0.3 is 47.4 Å². The molecule has 81 heavy (non-hydrogen) atoms. The molecule has 2 aliphatic heterocycles. The maximum atomic E-state index is 12.2. The lowest BCUT2D eigenvalue weighted by atomic mass is 10.0. The van der Waals surface area contributed by atoms with Crippen molar-refractivity contribution in [2.24, 2.45) is 0 Å². The fourth-order valence-corrected chi connectivity index (χ4v) is 8.55. The number of carbonyl (C=O) groups is 1. The molecule has 11 heteroatoms. The molecule has 0 amide bonds. The molecular weight excluding hydrogens is 1020 g/mol. The number of terminal acetylenes is 2. The molecule has 0 radical (unpaired) electrons. The van der Waals surface area contributed by atoms with Gasteiger partial charge in [0.2, 0.25) is 0 Å². The van der Waals surface area contributed by atoms with Gasteiger partial charge in [0.1, 0.15) is 34.5 Å². The molecule has 5 aromatic carbocycles. The van der Waals surface area contributed by atoms with Crippen molar-refractivity contribution in [3.05, 3.63) is 134 Å². The molecule has 5 aromatic rings. The first kappa shape index (κ1) is 60.1. The van der Waals surface area contributed by atoms with Crippen molar-refractivity contribution in [3.63, 3.8) is 0 Å². The molecule has 2 fully saturated rings. The van der Waals surface area contributed by atoms with Crippen LogP contribution in [0.1, 0.15) is 166 Å². The van der Waals surface area contributed by atoms with Gasteiger partial charge >= 0.3 is 5.97 Å². The minimum atomic E-state index is -0.334. The number of ether oxygens (including phenoxy) is 10. The van der Waals surface area contributed by atoms with E-state index in [-0.39, 0.29) is 31.6 Å². The summed E-state index contributed by atoms with van der Waals surface area (Å²) in [6.45, 7) is 13.5. The second-order valence-corrected chi connectivity index (χ2v) is 19.4. The average Bonchev–Trinajstić information content (AvgIpc) is 3.49. The van der Waals surface area contributed by atoms with Crippen molar-refractivity contribution in [1.29, 1.82) is 0 Å². The molecule has 0 aliphatic carbocycles. The topological polar surface area (TPSA) is 109 Å². The van der Waals surface area contributed by atoms with Crippen LogP contribution in [0.25, 0.3) is 0 Å². The van der Waals surface area contributed by atoms with E-state index >= 15 is 0 Å². The maximum Gasteiger partial charge on any atom is 0.305 e. The van der Waals surface area contributed by atoms with E-state index in [0.29, 0.717) is 142 Å². The van der Waals surface area contributed by atoms with Crippen molar-refractivity contribution in [2.75, 3.05) is 53.4 Å². The summed E-state index contributed by atoms with van der Waals surface area (Å²) in [7, 11) is 1.37. The molecule has 0 saturated carbocycles. The van der Waals surface area contributed by atoms with Crippen LogP contribution in [-0.4, -0.2) is 71.9 Å². The summed E-state index contributed by atoms with van der Waals surface area (Å²) < 4.78 is 60.9. The molecule has 2 unspecified atom stereocenters. The molecule has 2 saturated heterocycles. The standard InChI is InChI=1S/C70H72O11/c1-9-31-73-63-48-57(65(75-33-11-3)46-55(63)25-23-53-40-51(13-5)42-61(44-53)80-68-21-15-17-35-77-68)27-29-59-38-50(7)39-60(70(59)79-37-19-20-67(71)72-8)30-28-58-49-64(74-32-10-2)56(47-66(58)76-34-12-4)26-24-54-41-52(14-6)43-62(45-54)81-69-22-16-18-36-78-69/h5-6,38-49,68-69H,9-12,15-22,31-37H2,1-4,7-8H3. The fourth-order valence-electron chi connectivity index (χ4n) is 8.55. The second-order valence-electron chi connectivity index (χ2n) is 19.4. The van der Waals surface area contributed by atoms with Gasteiger partial charge in [-0.2, -0.15) is 0 Å². The molecule has 2 heterocycles. The van der Waals surface area contributed by atoms with Crippen molar-refractivity contribution >= 4 is 5.97 Å². The highest BCUT2D eigenvalue weighted by molar-refractivity contribution is 5.69. The largest absolute Gasteiger partial charge is 0.492 e. The Morgan fingerprint density at radius 3 is 1.22 bits per heavy atom. The number of aryl methyl sites for hydroxylation is 1. The summed E-state index contributed by atoms with van der Waals surface area (Å²) in [5.41, 5.74) is 7.15. The Morgan fingerprint density at radius 1 is 0.481 bits per heavy atom. The van der Waals surface area contributed by atoms with Crippen molar-refractivity contribution in [3.8, 4) is 112 Å².